The van der Waals surface area contributed by atoms with Crippen molar-refractivity contribution in [2.24, 2.45) is 0 Å². The fourth-order valence-electron chi connectivity index (χ4n) is 1.25. The normalized spacial score (nSPS) is 10.3. The minimum absolute atomic E-state index is 0.266. The first-order chi connectivity index (χ1) is 7.74. The molecule has 0 atom stereocenters. The molecule has 0 aliphatic rings. The summed E-state index contributed by atoms with van der Waals surface area (Å²) in [5.41, 5.74) is 6.31. The number of aromatic nitrogens is 5. The molecular formula is C9H13N7. The van der Waals surface area contributed by atoms with Gasteiger partial charge in [0, 0.05) is 24.9 Å². The highest BCUT2D eigenvalue weighted by Crippen LogP contribution is 1.99. The van der Waals surface area contributed by atoms with E-state index in [4.69, 9.17) is 5.73 Å². The van der Waals surface area contributed by atoms with E-state index < -0.39 is 0 Å². The number of hydrogen-bond donors (Lipinski definition) is 3. The molecule has 7 nitrogen and oxygen atoms in total. The zero-order valence-corrected chi connectivity index (χ0v) is 8.94. The second kappa shape index (κ2) is 4.56. The Morgan fingerprint density at radius 3 is 3.00 bits per heavy atom. The van der Waals surface area contributed by atoms with Crippen LogP contribution in [0.25, 0.3) is 0 Å². The fourth-order valence-corrected chi connectivity index (χ4v) is 1.25. The van der Waals surface area contributed by atoms with E-state index in [2.05, 4.69) is 30.5 Å². The highest BCUT2D eigenvalue weighted by Gasteiger charge is 2.00. The molecule has 0 bridgehead atoms. The summed E-state index contributed by atoms with van der Waals surface area (Å²) < 4.78 is 0. The van der Waals surface area contributed by atoms with E-state index in [1.807, 2.05) is 13.0 Å². The van der Waals surface area contributed by atoms with Gasteiger partial charge in [-0.25, -0.2) is 9.97 Å². The summed E-state index contributed by atoms with van der Waals surface area (Å²) in [5, 5.41) is 9.57. The number of nitrogens with one attached hydrogen (secondary N) is 2. The maximum atomic E-state index is 5.38. The number of nitrogens with two attached hydrogens (primary N) is 1. The van der Waals surface area contributed by atoms with Crippen molar-refractivity contribution >= 4 is 11.9 Å². The molecule has 7 heteroatoms. The number of anilines is 2. The van der Waals surface area contributed by atoms with Crippen LogP contribution in [0.4, 0.5) is 11.9 Å². The van der Waals surface area contributed by atoms with Gasteiger partial charge in [0.05, 0.1) is 0 Å². The molecule has 0 fully saturated rings. The van der Waals surface area contributed by atoms with Crippen LogP contribution in [-0.2, 0) is 6.42 Å². The highest BCUT2D eigenvalue weighted by atomic mass is 15.3. The summed E-state index contributed by atoms with van der Waals surface area (Å²) in [6, 6.07) is 1.85. The molecule has 0 amide bonds. The lowest BCUT2D eigenvalue weighted by atomic mass is 10.4. The Balaban J connectivity index is 1.84. The number of aromatic amines is 1. The van der Waals surface area contributed by atoms with Gasteiger partial charge in [0.1, 0.15) is 5.82 Å². The Bertz CT molecular complexity index is 464. The first kappa shape index (κ1) is 10.3. The average molecular weight is 219 g/mol. The van der Waals surface area contributed by atoms with Crippen LogP contribution in [-0.4, -0.2) is 31.7 Å². The summed E-state index contributed by atoms with van der Waals surface area (Å²) in [6.45, 7) is 2.60. The maximum Gasteiger partial charge on any atom is 0.239 e. The summed E-state index contributed by atoms with van der Waals surface area (Å²) in [4.78, 5) is 12.3. The third kappa shape index (κ3) is 2.66. The van der Waals surface area contributed by atoms with Crippen LogP contribution < -0.4 is 11.1 Å². The van der Waals surface area contributed by atoms with Crippen LogP contribution in [0.1, 0.15) is 11.5 Å². The van der Waals surface area contributed by atoms with Crippen molar-refractivity contribution in [3.05, 3.63) is 23.8 Å². The fraction of sp³-hybridized carbons (Fsp3) is 0.333. The van der Waals surface area contributed by atoms with Crippen molar-refractivity contribution < 1.29 is 0 Å². The number of rotatable bonds is 4. The molecule has 0 saturated heterocycles. The Labute approximate surface area is 92.5 Å². The average Bonchev–Trinajstić information content (AvgIpc) is 2.64. The Morgan fingerprint density at radius 1 is 1.44 bits per heavy atom. The molecule has 2 rings (SSSR count). The van der Waals surface area contributed by atoms with E-state index in [0.717, 1.165) is 11.5 Å². The number of aryl methyl sites for hydroxylation is 1. The van der Waals surface area contributed by atoms with Crippen LogP contribution in [0.2, 0.25) is 0 Å². The molecular weight excluding hydrogens is 206 g/mol. The summed E-state index contributed by atoms with van der Waals surface area (Å²) in [5.74, 6) is 1.63. The van der Waals surface area contributed by atoms with Gasteiger partial charge in [-0.1, -0.05) is 0 Å². The van der Waals surface area contributed by atoms with Gasteiger partial charge in [-0.2, -0.15) is 4.98 Å². The van der Waals surface area contributed by atoms with E-state index >= 15 is 0 Å². The third-order valence-corrected chi connectivity index (χ3v) is 1.99. The van der Waals surface area contributed by atoms with Crippen LogP contribution in [0.15, 0.2) is 12.3 Å². The lowest BCUT2D eigenvalue weighted by molar-refractivity contribution is 0.888. The second-order valence-electron chi connectivity index (χ2n) is 3.34. The van der Waals surface area contributed by atoms with Crippen molar-refractivity contribution in [2.75, 3.05) is 17.6 Å². The van der Waals surface area contributed by atoms with Crippen molar-refractivity contribution in [1.29, 1.82) is 0 Å². The third-order valence-electron chi connectivity index (χ3n) is 1.99. The van der Waals surface area contributed by atoms with Gasteiger partial charge in [0.25, 0.3) is 0 Å². The molecule has 0 unspecified atom stereocenters. The molecule has 0 aromatic carbocycles. The molecule has 0 aliphatic heterocycles. The van der Waals surface area contributed by atoms with Gasteiger partial charge in [0.2, 0.25) is 11.9 Å². The van der Waals surface area contributed by atoms with E-state index in [0.29, 0.717) is 18.9 Å². The lowest BCUT2D eigenvalue weighted by Gasteiger charge is -2.02. The van der Waals surface area contributed by atoms with E-state index in [-0.39, 0.29) is 5.95 Å². The molecule has 2 heterocycles. The zero-order chi connectivity index (χ0) is 11.4. The van der Waals surface area contributed by atoms with Gasteiger partial charge < -0.3 is 11.1 Å². The van der Waals surface area contributed by atoms with Gasteiger partial charge in [-0.3, -0.25) is 5.10 Å². The first-order valence-corrected chi connectivity index (χ1v) is 4.94. The first-order valence-electron chi connectivity index (χ1n) is 4.94. The Morgan fingerprint density at radius 2 is 2.31 bits per heavy atom. The molecule has 0 saturated carbocycles. The van der Waals surface area contributed by atoms with Crippen molar-refractivity contribution in [1.82, 2.24) is 25.1 Å². The molecule has 2 aromatic rings. The predicted molar refractivity (Wildman–Crippen MR) is 59.8 cm³/mol. The summed E-state index contributed by atoms with van der Waals surface area (Å²) >= 11 is 0. The Hall–Kier alpha value is -2.18. The van der Waals surface area contributed by atoms with Crippen molar-refractivity contribution in [3.63, 3.8) is 0 Å². The molecule has 4 N–H and O–H groups in total. The van der Waals surface area contributed by atoms with Crippen molar-refractivity contribution in [3.8, 4) is 0 Å². The van der Waals surface area contributed by atoms with Crippen molar-refractivity contribution in [2.45, 2.75) is 13.3 Å². The second-order valence-corrected chi connectivity index (χ2v) is 3.34. The number of nitrogen functional groups attached to an aromatic ring is 1. The largest absolute Gasteiger partial charge is 0.367 e. The van der Waals surface area contributed by atoms with Crippen LogP contribution in [0.5, 0.6) is 0 Å². The standard InChI is InChI=1S/C9H13N7/c1-6-2-4-11-9(13-6)12-5-3-7-14-8(10)16-15-7/h2,4H,3,5H2,1H3,(H,11,12,13)(H3,10,14,15,16). The quantitative estimate of drug-likeness (QED) is 0.675. The van der Waals surface area contributed by atoms with Gasteiger partial charge in [0.15, 0.2) is 0 Å². The Kier molecular flexibility index (Phi) is 2.95. The van der Waals surface area contributed by atoms with Gasteiger partial charge in [-0.15, -0.1) is 5.10 Å². The topological polar surface area (TPSA) is 105 Å². The zero-order valence-electron chi connectivity index (χ0n) is 8.94. The monoisotopic (exact) mass is 219 g/mol. The van der Waals surface area contributed by atoms with E-state index in [1.165, 1.54) is 0 Å². The SMILES string of the molecule is Cc1ccnc(NCCc2nc(N)n[nH]2)n1. The number of nitrogens with zero attached hydrogens (tertiary/aromatic N) is 4. The lowest BCUT2D eigenvalue weighted by Crippen LogP contribution is -2.09. The number of hydrogen-bond acceptors (Lipinski definition) is 6. The minimum Gasteiger partial charge on any atom is -0.367 e. The van der Waals surface area contributed by atoms with Gasteiger partial charge >= 0.3 is 0 Å². The van der Waals surface area contributed by atoms with Crippen LogP contribution in [0, 0.1) is 6.92 Å². The molecule has 16 heavy (non-hydrogen) atoms. The molecule has 0 radical (unpaired) electrons. The molecule has 0 aliphatic carbocycles. The predicted octanol–water partition coefficient (Wildman–Crippen LogP) is 0.140. The maximum absolute atomic E-state index is 5.38. The van der Waals surface area contributed by atoms with Crippen LogP contribution in [0.3, 0.4) is 0 Å². The molecule has 0 spiro atoms. The minimum atomic E-state index is 0.266. The highest BCUT2D eigenvalue weighted by molar-refractivity contribution is 5.24. The van der Waals surface area contributed by atoms with E-state index in [9.17, 15) is 0 Å². The molecule has 2 aromatic heterocycles. The summed E-state index contributed by atoms with van der Waals surface area (Å²) in [6.07, 6.45) is 2.42. The number of H-pyrrole nitrogens is 1. The smallest absolute Gasteiger partial charge is 0.239 e. The van der Waals surface area contributed by atoms with Gasteiger partial charge in [-0.05, 0) is 13.0 Å². The van der Waals surface area contributed by atoms with Crippen LogP contribution >= 0.6 is 0 Å². The molecule has 84 valence electrons. The van der Waals surface area contributed by atoms with E-state index in [1.54, 1.807) is 6.20 Å². The summed E-state index contributed by atoms with van der Waals surface area (Å²) in [7, 11) is 0.